The Labute approximate surface area is 79.8 Å². The maximum absolute atomic E-state index is 9.31. The Kier molecular flexibility index (Phi) is 3.78. The van der Waals surface area contributed by atoms with E-state index in [-0.39, 0.29) is 0 Å². The zero-order valence-electron chi connectivity index (χ0n) is 7.26. The molecule has 0 spiro atoms. The number of ether oxygens (including phenoxy) is 1. The fraction of sp³-hybridized carbons (Fsp3) is 1.00. The van der Waals surface area contributed by atoms with E-state index in [1.165, 1.54) is 0 Å². The molecule has 1 fully saturated rings. The van der Waals surface area contributed by atoms with Crippen LogP contribution in [0.5, 0.6) is 0 Å². The Bertz CT molecular complexity index is 187. The largest absolute Gasteiger partial charge is 0.394 e. The van der Waals surface area contributed by atoms with Crippen molar-refractivity contribution in [2.24, 2.45) is 0 Å². The molecule has 7 nitrogen and oxygen atoms in total. The van der Waals surface area contributed by atoms with Gasteiger partial charge in [0.25, 0.3) is 0 Å². The van der Waals surface area contributed by atoms with Crippen LogP contribution in [-0.4, -0.2) is 74.1 Å². The van der Waals surface area contributed by atoms with E-state index < -0.39 is 43.4 Å². The van der Waals surface area contributed by atoms with E-state index in [1.54, 1.807) is 0 Å². The van der Waals surface area contributed by atoms with Gasteiger partial charge in [0.15, 0.2) is 6.29 Å². The third-order valence-corrected chi connectivity index (χ3v) is 2.19. The topological polar surface area (TPSA) is 131 Å². The number of aliphatic hydroxyl groups is 6. The summed E-state index contributed by atoms with van der Waals surface area (Å²) in [6.45, 7) is -0.708. The van der Waals surface area contributed by atoms with Crippen LogP contribution in [0.4, 0.5) is 0 Å². The highest BCUT2D eigenvalue weighted by Crippen LogP contribution is 2.23. The summed E-state index contributed by atoms with van der Waals surface area (Å²) in [5.74, 6) is 0. The van der Waals surface area contributed by atoms with Gasteiger partial charge < -0.3 is 35.4 Å². The van der Waals surface area contributed by atoms with Crippen molar-refractivity contribution in [3.63, 3.8) is 0 Å². The van der Waals surface area contributed by atoms with Gasteiger partial charge in [-0.15, -0.1) is 0 Å². The SMILES string of the molecule is OCC(O)[C@H](O)C1OC(O)[C@H](O)[C@@H]1O. The summed E-state index contributed by atoms with van der Waals surface area (Å²) in [7, 11) is 0. The molecule has 6 atom stereocenters. The molecule has 84 valence electrons. The van der Waals surface area contributed by atoms with Crippen molar-refractivity contribution in [3.05, 3.63) is 0 Å². The van der Waals surface area contributed by atoms with E-state index in [1.807, 2.05) is 0 Å². The highest BCUT2D eigenvalue weighted by Gasteiger charge is 2.46. The second-order valence-electron chi connectivity index (χ2n) is 3.21. The lowest BCUT2D eigenvalue weighted by Gasteiger charge is -2.23. The predicted octanol–water partition coefficient (Wildman–Crippen LogP) is -3.86. The molecule has 1 aliphatic heterocycles. The van der Waals surface area contributed by atoms with Crippen molar-refractivity contribution in [2.45, 2.75) is 36.8 Å². The molecule has 7 heteroatoms. The zero-order chi connectivity index (χ0) is 10.9. The highest BCUT2D eigenvalue weighted by molar-refractivity contribution is 4.92. The van der Waals surface area contributed by atoms with Crippen molar-refractivity contribution in [2.75, 3.05) is 6.61 Å². The van der Waals surface area contributed by atoms with Gasteiger partial charge in [-0.2, -0.15) is 0 Å². The molecule has 14 heavy (non-hydrogen) atoms. The standard InChI is InChI=1S/C7H14O7/c8-1-2(9)3(10)6-4(11)5(12)7(13)14-6/h2-13H,1H2/t2?,3-,4-,5+,6?,7?/m0/s1. The first-order valence-electron chi connectivity index (χ1n) is 4.15. The average Bonchev–Trinajstić information content (AvgIpc) is 2.43. The Hall–Kier alpha value is -0.280. The molecule has 0 saturated carbocycles. The molecule has 0 radical (unpaired) electrons. The Morgan fingerprint density at radius 3 is 2.00 bits per heavy atom. The maximum Gasteiger partial charge on any atom is 0.184 e. The van der Waals surface area contributed by atoms with Gasteiger partial charge in [0.1, 0.15) is 30.5 Å². The number of rotatable bonds is 3. The monoisotopic (exact) mass is 210 g/mol. The molecule has 1 heterocycles. The molecule has 0 aromatic heterocycles. The number of aliphatic hydroxyl groups excluding tert-OH is 6. The number of hydrogen-bond acceptors (Lipinski definition) is 7. The average molecular weight is 210 g/mol. The Balaban J connectivity index is 2.61. The van der Waals surface area contributed by atoms with E-state index in [0.717, 1.165) is 0 Å². The van der Waals surface area contributed by atoms with Gasteiger partial charge in [0.2, 0.25) is 0 Å². The second-order valence-corrected chi connectivity index (χ2v) is 3.21. The van der Waals surface area contributed by atoms with Crippen LogP contribution in [0.15, 0.2) is 0 Å². The van der Waals surface area contributed by atoms with Gasteiger partial charge >= 0.3 is 0 Å². The summed E-state index contributed by atoms with van der Waals surface area (Å²) < 4.78 is 4.61. The van der Waals surface area contributed by atoms with E-state index in [9.17, 15) is 10.2 Å². The van der Waals surface area contributed by atoms with Crippen LogP contribution in [0.2, 0.25) is 0 Å². The van der Waals surface area contributed by atoms with E-state index in [0.29, 0.717) is 0 Å². The summed E-state index contributed by atoms with van der Waals surface area (Å²) in [5, 5.41) is 54.1. The van der Waals surface area contributed by atoms with Crippen LogP contribution in [-0.2, 0) is 4.74 Å². The highest BCUT2D eigenvalue weighted by atomic mass is 16.6. The first-order valence-corrected chi connectivity index (χ1v) is 4.15. The van der Waals surface area contributed by atoms with Crippen LogP contribution in [0.25, 0.3) is 0 Å². The molecule has 0 amide bonds. The lowest BCUT2D eigenvalue weighted by atomic mass is 10.0. The van der Waals surface area contributed by atoms with E-state index in [4.69, 9.17) is 20.4 Å². The minimum absolute atomic E-state index is 0.708. The molecular formula is C7H14O7. The molecule has 0 aromatic rings. The van der Waals surface area contributed by atoms with Gasteiger partial charge in [-0.3, -0.25) is 0 Å². The third kappa shape index (κ3) is 2.04. The lowest BCUT2D eigenvalue weighted by molar-refractivity contribution is -0.164. The van der Waals surface area contributed by atoms with E-state index >= 15 is 0 Å². The summed E-state index contributed by atoms with van der Waals surface area (Å²) in [6, 6.07) is 0. The minimum atomic E-state index is -1.60. The third-order valence-electron chi connectivity index (χ3n) is 2.19. The van der Waals surface area contributed by atoms with Crippen molar-refractivity contribution < 1.29 is 35.4 Å². The number of hydrogen-bond donors (Lipinski definition) is 6. The summed E-state index contributed by atoms with van der Waals surface area (Å²) in [4.78, 5) is 0. The first-order chi connectivity index (χ1) is 6.49. The second kappa shape index (κ2) is 4.49. The molecular weight excluding hydrogens is 196 g/mol. The first kappa shape index (κ1) is 11.8. The van der Waals surface area contributed by atoms with Crippen molar-refractivity contribution in [1.29, 1.82) is 0 Å². The molecule has 0 bridgehead atoms. The Morgan fingerprint density at radius 1 is 1.07 bits per heavy atom. The predicted molar refractivity (Wildman–Crippen MR) is 42.0 cm³/mol. The van der Waals surface area contributed by atoms with Crippen LogP contribution in [0, 0.1) is 0 Å². The zero-order valence-corrected chi connectivity index (χ0v) is 7.26. The molecule has 1 rings (SSSR count). The van der Waals surface area contributed by atoms with Gasteiger partial charge in [-0.1, -0.05) is 0 Å². The van der Waals surface area contributed by atoms with Crippen molar-refractivity contribution in [1.82, 2.24) is 0 Å². The summed E-state index contributed by atoms with van der Waals surface area (Å²) in [5.41, 5.74) is 0. The van der Waals surface area contributed by atoms with Crippen LogP contribution >= 0.6 is 0 Å². The Morgan fingerprint density at radius 2 is 1.64 bits per heavy atom. The molecule has 1 saturated heterocycles. The van der Waals surface area contributed by atoms with Gasteiger partial charge in [0.05, 0.1) is 6.61 Å². The fourth-order valence-electron chi connectivity index (χ4n) is 1.29. The molecule has 1 aliphatic rings. The quantitative estimate of drug-likeness (QED) is 0.281. The smallest absolute Gasteiger partial charge is 0.184 e. The van der Waals surface area contributed by atoms with Crippen molar-refractivity contribution in [3.8, 4) is 0 Å². The van der Waals surface area contributed by atoms with E-state index in [2.05, 4.69) is 4.74 Å². The normalized spacial score (nSPS) is 42.4. The van der Waals surface area contributed by atoms with Crippen LogP contribution in [0.3, 0.4) is 0 Å². The van der Waals surface area contributed by atoms with Crippen LogP contribution < -0.4 is 0 Å². The van der Waals surface area contributed by atoms with Gasteiger partial charge in [-0.05, 0) is 0 Å². The van der Waals surface area contributed by atoms with Gasteiger partial charge in [-0.25, -0.2) is 0 Å². The van der Waals surface area contributed by atoms with Gasteiger partial charge in [0, 0.05) is 0 Å². The molecule has 0 aliphatic carbocycles. The maximum atomic E-state index is 9.31. The molecule has 6 N–H and O–H groups in total. The fourth-order valence-corrected chi connectivity index (χ4v) is 1.29. The summed E-state index contributed by atoms with van der Waals surface area (Å²) >= 11 is 0. The summed E-state index contributed by atoms with van der Waals surface area (Å²) in [6.07, 6.45) is -9.01. The molecule has 0 aromatic carbocycles. The molecule has 3 unspecified atom stereocenters. The van der Waals surface area contributed by atoms with Crippen LogP contribution in [0.1, 0.15) is 0 Å². The lowest BCUT2D eigenvalue weighted by Crippen LogP contribution is -2.46. The minimum Gasteiger partial charge on any atom is -0.394 e. The van der Waals surface area contributed by atoms with Crippen molar-refractivity contribution >= 4 is 0 Å².